The fourth-order valence-corrected chi connectivity index (χ4v) is 1.24. The Hall–Kier alpha value is -1.72. The topological polar surface area (TPSA) is 98.2 Å². The quantitative estimate of drug-likeness (QED) is 0.617. The number of benzene rings is 1. The number of carbonyl (C=O) groups is 2. The third-order valence-corrected chi connectivity index (χ3v) is 2.08. The molecule has 16 heavy (non-hydrogen) atoms. The van der Waals surface area contributed by atoms with Crippen molar-refractivity contribution in [2.45, 2.75) is 12.5 Å². The van der Waals surface area contributed by atoms with Crippen molar-refractivity contribution in [2.24, 2.45) is 11.5 Å². The van der Waals surface area contributed by atoms with Crippen LogP contribution in [0.4, 0.5) is 0 Å². The molecule has 1 atom stereocenters. The van der Waals surface area contributed by atoms with Gasteiger partial charge in [0, 0.05) is 0 Å². The van der Waals surface area contributed by atoms with E-state index in [0.717, 1.165) is 5.56 Å². The van der Waals surface area contributed by atoms with Crippen molar-refractivity contribution >= 4 is 11.8 Å². The van der Waals surface area contributed by atoms with Gasteiger partial charge in [-0.2, -0.15) is 0 Å². The van der Waals surface area contributed by atoms with Gasteiger partial charge in [0.25, 0.3) is 0 Å². The van der Waals surface area contributed by atoms with E-state index in [1.165, 1.54) is 0 Å². The molecule has 1 rings (SSSR count). The minimum Gasteiger partial charge on any atom is -0.322 e. The molecular weight excluding hydrogens is 206 g/mol. The fourth-order valence-electron chi connectivity index (χ4n) is 1.24. The molecule has 0 unspecified atom stereocenters. The van der Waals surface area contributed by atoms with Crippen LogP contribution in [0.25, 0.3) is 0 Å². The van der Waals surface area contributed by atoms with Gasteiger partial charge in [0.05, 0.1) is 12.6 Å². The summed E-state index contributed by atoms with van der Waals surface area (Å²) in [7, 11) is 0. The molecule has 0 bridgehead atoms. The summed E-state index contributed by atoms with van der Waals surface area (Å²) < 4.78 is 0. The summed E-state index contributed by atoms with van der Waals surface area (Å²) in [6.07, 6.45) is 0.393. The zero-order valence-electron chi connectivity index (χ0n) is 8.85. The van der Waals surface area contributed by atoms with E-state index >= 15 is 0 Å². The van der Waals surface area contributed by atoms with Crippen LogP contribution >= 0.6 is 0 Å². The number of nitrogens with two attached hydrogens (primary N) is 2. The molecular formula is C11H15N3O2. The van der Waals surface area contributed by atoms with Crippen LogP contribution in [0.2, 0.25) is 0 Å². The molecule has 1 aromatic rings. The highest BCUT2D eigenvalue weighted by molar-refractivity contribution is 5.98. The van der Waals surface area contributed by atoms with Crippen molar-refractivity contribution in [3.05, 3.63) is 35.9 Å². The number of amides is 2. The van der Waals surface area contributed by atoms with Gasteiger partial charge in [0.2, 0.25) is 11.8 Å². The first kappa shape index (κ1) is 12.4. The first-order valence-corrected chi connectivity index (χ1v) is 4.96. The van der Waals surface area contributed by atoms with Crippen LogP contribution in [-0.2, 0) is 16.0 Å². The summed E-state index contributed by atoms with van der Waals surface area (Å²) in [4.78, 5) is 22.3. The van der Waals surface area contributed by atoms with Gasteiger partial charge in [0.1, 0.15) is 0 Å². The van der Waals surface area contributed by atoms with Crippen LogP contribution in [0, 0.1) is 0 Å². The van der Waals surface area contributed by atoms with Crippen LogP contribution in [0.15, 0.2) is 30.3 Å². The van der Waals surface area contributed by atoms with E-state index in [1.807, 2.05) is 30.3 Å². The van der Waals surface area contributed by atoms with Gasteiger partial charge in [0.15, 0.2) is 0 Å². The van der Waals surface area contributed by atoms with Crippen molar-refractivity contribution in [2.75, 3.05) is 6.54 Å². The van der Waals surface area contributed by atoms with Gasteiger partial charge >= 0.3 is 0 Å². The first-order valence-electron chi connectivity index (χ1n) is 4.96. The summed E-state index contributed by atoms with van der Waals surface area (Å²) in [5, 5.41) is 2.12. The molecule has 5 N–H and O–H groups in total. The van der Waals surface area contributed by atoms with Gasteiger partial charge in [-0.05, 0) is 12.0 Å². The lowest BCUT2D eigenvalue weighted by Gasteiger charge is -2.10. The summed E-state index contributed by atoms with van der Waals surface area (Å²) in [5.74, 6) is -1.02. The average Bonchev–Trinajstić information content (AvgIpc) is 2.30. The van der Waals surface area contributed by atoms with E-state index < -0.39 is 17.9 Å². The third kappa shape index (κ3) is 3.80. The van der Waals surface area contributed by atoms with E-state index in [1.54, 1.807) is 0 Å². The van der Waals surface area contributed by atoms with Crippen molar-refractivity contribution in [1.29, 1.82) is 0 Å². The molecule has 1 aromatic carbocycles. The second-order valence-electron chi connectivity index (χ2n) is 3.41. The van der Waals surface area contributed by atoms with E-state index in [4.69, 9.17) is 11.5 Å². The number of hydrogen-bond acceptors (Lipinski definition) is 4. The van der Waals surface area contributed by atoms with Crippen molar-refractivity contribution in [1.82, 2.24) is 5.32 Å². The highest BCUT2D eigenvalue weighted by Gasteiger charge is 2.15. The molecule has 0 aliphatic rings. The lowest BCUT2D eigenvalue weighted by molar-refractivity contribution is -0.130. The molecule has 0 saturated heterocycles. The largest absolute Gasteiger partial charge is 0.322 e. The van der Waals surface area contributed by atoms with Crippen molar-refractivity contribution < 1.29 is 9.59 Å². The van der Waals surface area contributed by atoms with Crippen LogP contribution in [0.1, 0.15) is 5.56 Å². The van der Waals surface area contributed by atoms with Gasteiger partial charge < -0.3 is 11.5 Å². The van der Waals surface area contributed by atoms with E-state index in [0.29, 0.717) is 6.42 Å². The molecule has 0 aromatic heterocycles. The predicted octanol–water partition coefficient (Wildman–Crippen LogP) is -0.842. The standard InChI is InChI=1S/C11H15N3O2/c12-7-10(15)14-11(16)9(13)6-8-4-2-1-3-5-8/h1-5,9H,6-7,12-13H2,(H,14,15,16)/t9-/m0/s1. The highest BCUT2D eigenvalue weighted by Crippen LogP contribution is 2.01. The molecule has 0 aliphatic carbocycles. The molecule has 5 nitrogen and oxygen atoms in total. The Kier molecular flexibility index (Phi) is 4.63. The Balaban J connectivity index is 2.49. The third-order valence-electron chi connectivity index (χ3n) is 2.08. The minimum absolute atomic E-state index is 0.218. The van der Waals surface area contributed by atoms with Crippen LogP contribution in [0.3, 0.4) is 0 Å². The second kappa shape index (κ2) is 5.99. The maximum atomic E-state index is 11.4. The maximum Gasteiger partial charge on any atom is 0.243 e. The van der Waals surface area contributed by atoms with Gasteiger partial charge in [-0.15, -0.1) is 0 Å². The van der Waals surface area contributed by atoms with E-state index in [2.05, 4.69) is 5.32 Å². The Bertz CT molecular complexity index is 365. The molecule has 0 spiro atoms. The monoisotopic (exact) mass is 221 g/mol. The van der Waals surface area contributed by atoms with Crippen LogP contribution in [-0.4, -0.2) is 24.4 Å². The molecule has 0 saturated carbocycles. The molecule has 5 heteroatoms. The maximum absolute atomic E-state index is 11.4. The Labute approximate surface area is 93.8 Å². The number of rotatable bonds is 4. The molecule has 0 heterocycles. The summed E-state index contributed by atoms with van der Waals surface area (Å²) in [5.41, 5.74) is 11.7. The Morgan fingerprint density at radius 1 is 1.25 bits per heavy atom. The van der Waals surface area contributed by atoms with Gasteiger partial charge in [-0.1, -0.05) is 30.3 Å². The molecule has 86 valence electrons. The summed E-state index contributed by atoms with van der Waals surface area (Å²) >= 11 is 0. The predicted molar refractivity (Wildman–Crippen MR) is 60.3 cm³/mol. The Morgan fingerprint density at radius 3 is 2.44 bits per heavy atom. The number of imide groups is 1. The van der Waals surface area contributed by atoms with E-state index in [-0.39, 0.29) is 6.54 Å². The normalized spacial score (nSPS) is 11.9. The summed E-state index contributed by atoms with van der Waals surface area (Å²) in [6, 6.07) is 8.62. The number of hydrogen-bond donors (Lipinski definition) is 3. The lowest BCUT2D eigenvalue weighted by atomic mass is 10.1. The molecule has 0 fully saturated rings. The average molecular weight is 221 g/mol. The smallest absolute Gasteiger partial charge is 0.243 e. The zero-order valence-corrected chi connectivity index (χ0v) is 8.85. The van der Waals surface area contributed by atoms with Crippen LogP contribution < -0.4 is 16.8 Å². The number of nitrogens with one attached hydrogen (secondary N) is 1. The van der Waals surface area contributed by atoms with Crippen molar-refractivity contribution in [3.63, 3.8) is 0 Å². The highest BCUT2D eigenvalue weighted by atomic mass is 16.2. The van der Waals surface area contributed by atoms with Crippen molar-refractivity contribution in [3.8, 4) is 0 Å². The molecule has 0 aliphatic heterocycles. The first-order chi connectivity index (χ1) is 7.63. The minimum atomic E-state index is -0.738. The number of carbonyl (C=O) groups excluding carboxylic acids is 2. The molecule has 0 radical (unpaired) electrons. The van der Waals surface area contributed by atoms with Crippen LogP contribution in [0.5, 0.6) is 0 Å². The summed E-state index contributed by atoms with van der Waals surface area (Å²) in [6.45, 7) is -0.218. The SMILES string of the molecule is NCC(=O)NC(=O)[C@@H](N)Cc1ccccc1. The zero-order chi connectivity index (χ0) is 12.0. The molecule has 2 amide bonds. The second-order valence-corrected chi connectivity index (χ2v) is 3.41. The fraction of sp³-hybridized carbons (Fsp3) is 0.273. The Morgan fingerprint density at radius 2 is 1.88 bits per heavy atom. The lowest BCUT2D eigenvalue weighted by Crippen LogP contribution is -2.46. The van der Waals surface area contributed by atoms with Gasteiger partial charge in [-0.3, -0.25) is 14.9 Å². The van der Waals surface area contributed by atoms with E-state index in [9.17, 15) is 9.59 Å². The van der Waals surface area contributed by atoms with Gasteiger partial charge in [-0.25, -0.2) is 0 Å².